The average Bonchev–Trinajstić information content (AvgIpc) is 3.48. The summed E-state index contributed by atoms with van der Waals surface area (Å²) in [4.78, 5) is 45.7. The number of nitrogens with zero attached hydrogens (tertiary/aromatic N) is 2. The molecule has 2 aromatic rings. The Balaban J connectivity index is 1.64. The summed E-state index contributed by atoms with van der Waals surface area (Å²) in [6, 6.07) is 12.5. The molecule has 6 atom stereocenters. The van der Waals surface area contributed by atoms with Gasteiger partial charge in [-0.2, -0.15) is 0 Å². The van der Waals surface area contributed by atoms with E-state index < -0.39 is 33.4 Å². The third-order valence-electron chi connectivity index (χ3n) is 8.93. The lowest BCUT2D eigenvalue weighted by atomic mass is 9.66. The standard InChI is InChI=1S/C31H38N2O5S/c1-6-16-32(22-13-12-20-10-8-9-11-21(20)17-22)28(36)26-31-15-14-30(5,39-31)25(29(37)38-7-2)24(31)27(35)33(26)23(18-34)19(3)4/h6,8-13,17,19,23-26,34H,1,7,14-16,18H2,2-5H3/t23-,24-,25-,26?,30+,31?/m0/s1. The molecule has 0 radical (unpaired) electrons. The molecule has 3 fully saturated rings. The molecular formula is C31H38N2O5S. The van der Waals surface area contributed by atoms with Gasteiger partial charge in [-0.3, -0.25) is 14.4 Å². The Morgan fingerprint density at radius 2 is 1.95 bits per heavy atom. The number of benzene rings is 2. The summed E-state index contributed by atoms with van der Waals surface area (Å²) in [5.74, 6) is -2.21. The van der Waals surface area contributed by atoms with Gasteiger partial charge in [-0.1, -0.05) is 50.3 Å². The van der Waals surface area contributed by atoms with Crippen LogP contribution in [0.4, 0.5) is 5.69 Å². The van der Waals surface area contributed by atoms with Crippen LogP contribution in [-0.2, 0) is 19.1 Å². The van der Waals surface area contributed by atoms with Crippen LogP contribution < -0.4 is 4.90 Å². The van der Waals surface area contributed by atoms with Crippen molar-refractivity contribution in [2.75, 3.05) is 24.7 Å². The van der Waals surface area contributed by atoms with Gasteiger partial charge in [-0.05, 0) is 55.5 Å². The summed E-state index contributed by atoms with van der Waals surface area (Å²) in [7, 11) is 0. The van der Waals surface area contributed by atoms with Gasteiger partial charge in [0.2, 0.25) is 5.91 Å². The van der Waals surface area contributed by atoms with Gasteiger partial charge < -0.3 is 19.6 Å². The lowest BCUT2D eigenvalue weighted by Crippen LogP contribution is -2.58. The normalized spacial score (nSPS) is 30.1. The van der Waals surface area contributed by atoms with Crippen molar-refractivity contribution in [2.24, 2.45) is 17.8 Å². The van der Waals surface area contributed by atoms with E-state index >= 15 is 0 Å². The monoisotopic (exact) mass is 550 g/mol. The minimum absolute atomic E-state index is 0.0863. The lowest BCUT2D eigenvalue weighted by Gasteiger charge is -2.40. The third kappa shape index (κ3) is 4.18. The number of thioether (sulfide) groups is 1. The molecule has 0 aromatic heterocycles. The SMILES string of the molecule is C=CCN(C(=O)C1N([C@@H](CO)C(C)C)C(=O)[C@@H]2[C@@H](C(=O)OCC)[C@@]3(C)CCC12S3)c1ccc2ccccc2c1. The van der Waals surface area contributed by atoms with Crippen molar-refractivity contribution >= 4 is 46.0 Å². The molecule has 3 saturated heterocycles. The first-order valence-corrected chi connectivity index (χ1v) is 14.7. The van der Waals surface area contributed by atoms with E-state index in [4.69, 9.17) is 4.74 Å². The number of rotatable bonds is 9. The number of carbonyl (C=O) groups excluding carboxylic acids is 3. The molecule has 3 aliphatic rings. The zero-order valence-corrected chi connectivity index (χ0v) is 23.9. The van der Waals surface area contributed by atoms with Gasteiger partial charge in [0.1, 0.15) is 6.04 Å². The molecule has 2 unspecified atom stereocenters. The van der Waals surface area contributed by atoms with Crippen LogP contribution in [0.5, 0.6) is 0 Å². The summed E-state index contributed by atoms with van der Waals surface area (Å²) >= 11 is 1.61. The number of aliphatic hydroxyl groups is 1. The van der Waals surface area contributed by atoms with Gasteiger partial charge in [0, 0.05) is 17.0 Å². The van der Waals surface area contributed by atoms with Gasteiger partial charge in [0.15, 0.2) is 0 Å². The number of anilines is 1. The van der Waals surface area contributed by atoms with Crippen LogP contribution in [0.2, 0.25) is 0 Å². The van der Waals surface area contributed by atoms with E-state index in [1.807, 2.05) is 63.2 Å². The number of aliphatic hydroxyl groups excluding tert-OH is 1. The van der Waals surface area contributed by atoms with E-state index in [-0.39, 0.29) is 43.5 Å². The number of esters is 1. The predicted octanol–water partition coefficient (Wildman–Crippen LogP) is 4.42. The van der Waals surface area contributed by atoms with Crippen LogP contribution in [0.25, 0.3) is 10.8 Å². The molecule has 1 N–H and O–H groups in total. The maximum absolute atomic E-state index is 14.8. The largest absolute Gasteiger partial charge is 0.466 e. The summed E-state index contributed by atoms with van der Waals surface area (Å²) in [5.41, 5.74) is 0.724. The highest BCUT2D eigenvalue weighted by molar-refractivity contribution is 8.02. The highest BCUT2D eigenvalue weighted by atomic mass is 32.2. The van der Waals surface area contributed by atoms with Crippen molar-refractivity contribution in [2.45, 2.75) is 62.1 Å². The van der Waals surface area contributed by atoms with Crippen LogP contribution in [0.15, 0.2) is 55.1 Å². The Bertz CT molecular complexity index is 1310. The number of ether oxygens (including phenoxy) is 1. The molecule has 5 rings (SSSR count). The number of amides is 2. The summed E-state index contributed by atoms with van der Waals surface area (Å²) < 4.78 is 4.21. The topological polar surface area (TPSA) is 87.2 Å². The van der Waals surface area contributed by atoms with Gasteiger partial charge in [-0.15, -0.1) is 18.3 Å². The molecule has 2 aromatic carbocycles. The Morgan fingerprint density at radius 1 is 1.23 bits per heavy atom. The Kier molecular flexibility index (Phi) is 7.31. The molecule has 3 aliphatic heterocycles. The molecule has 3 heterocycles. The fourth-order valence-corrected chi connectivity index (χ4v) is 9.48. The zero-order valence-electron chi connectivity index (χ0n) is 23.1. The van der Waals surface area contributed by atoms with E-state index in [9.17, 15) is 19.5 Å². The molecule has 8 heteroatoms. The molecule has 0 aliphatic carbocycles. The summed E-state index contributed by atoms with van der Waals surface area (Å²) in [5, 5.41) is 12.5. The molecule has 1 spiro atoms. The van der Waals surface area contributed by atoms with Gasteiger partial charge in [0.25, 0.3) is 5.91 Å². The predicted molar refractivity (Wildman–Crippen MR) is 154 cm³/mol. The van der Waals surface area contributed by atoms with Crippen LogP contribution in [0.1, 0.15) is 40.5 Å². The van der Waals surface area contributed by atoms with E-state index in [1.54, 1.807) is 34.6 Å². The Hall–Kier alpha value is -2.84. The minimum atomic E-state index is -0.827. The maximum atomic E-state index is 14.8. The molecular weight excluding hydrogens is 512 g/mol. The minimum Gasteiger partial charge on any atom is -0.466 e. The molecule has 2 bridgehead atoms. The highest BCUT2D eigenvalue weighted by Gasteiger charge is 2.78. The number of hydrogen-bond acceptors (Lipinski definition) is 6. The van der Waals surface area contributed by atoms with Crippen LogP contribution in [-0.4, -0.2) is 69.1 Å². The van der Waals surface area contributed by atoms with Crippen molar-refractivity contribution in [3.05, 3.63) is 55.1 Å². The van der Waals surface area contributed by atoms with E-state index in [0.717, 1.165) is 16.5 Å². The summed E-state index contributed by atoms with van der Waals surface area (Å²) in [6.07, 6.45) is 3.05. The molecule has 2 amide bonds. The number of carbonyl (C=O) groups is 3. The van der Waals surface area contributed by atoms with Crippen molar-refractivity contribution < 1.29 is 24.2 Å². The Morgan fingerprint density at radius 3 is 2.59 bits per heavy atom. The van der Waals surface area contributed by atoms with Crippen LogP contribution in [0, 0.1) is 17.8 Å². The maximum Gasteiger partial charge on any atom is 0.311 e. The lowest BCUT2D eigenvalue weighted by molar-refractivity contribution is -0.155. The highest BCUT2D eigenvalue weighted by Crippen LogP contribution is 2.72. The Labute approximate surface area is 234 Å². The molecule has 7 nitrogen and oxygen atoms in total. The fraction of sp³-hybridized carbons (Fsp3) is 0.516. The smallest absolute Gasteiger partial charge is 0.311 e. The van der Waals surface area contributed by atoms with Crippen LogP contribution in [0.3, 0.4) is 0 Å². The zero-order chi connectivity index (χ0) is 28.1. The first kappa shape index (κ1) is 27.7. The number of hydrogen-bond donors (Lipinski definition) is 1. The fourth-order valence-electron chi connectivity index (χ4n) is 7.15. The molecule has 39 heavy (non-hydrogen) atoms. The van der Waals surface area contributed by atoms with E-state index in [2.05, 4.69) is 6.58 Å². The first-order valence-electron chi connectivity index (χ1n) is 13.8. The van der Waals surface area contributed by atoms with Gasteiger partial charge in [0.05, 0.1) is 35.8 Å². The van der Waals surface area contributed by atoms with Gasteiger partial charge in [-0.25, -0.2) is 0 Å². The second-order valence-electron chi connectivity index (χ2n) is 11.5. The molecule has 0 saturated carbocycles. The van der Waals surface area contributed by atoms with Crippen LogP contribution >= 0.6 is 11.8 Å². The third-order valence-corrected chi connectivity index (χ3v) is 10.9. The van der Waals surface area contributed by atoms with E-state index in [0.29, 0.717) is 12.8 Å². The second kappa shape index (κ2) is 10.3. The number of likely N-dealkylation sites (tertiary alicyclic amines) is 1. The second-order valence-corrected chi connectivity index (χ2v) is 13.4. The van der Waals surface area contributed by atoms with Crippen molar-refractivity contribution in [3.63, 3.8) is 0 Å². The number of fused-ring (bicyclic) bond motifs is 2. The van der Waals surface area contributed by atoms with Crippen molar-refractivity contribution in [3.8, 4) is 0 Å². The summed E-state index contributed by atoms with van der Waals surface area (Å²) in [6.45, 7) is 11.8. The first-order chi connectivity index (χ1) is 18.6. The van der Waals surface area contributed by atoms with E-state index in [1.165, 1.54) is 0 Å². The average molecular weight is 551 g/mol. The van der Waals surface area contributed by atoms with Crippen molar-refractivity contribution in [1.82, 2.24) is 4.90 Å². The van der Waals surface area contributed by atoms with Crippen molar-refractivity contribution in [1.29, 1.82) is 0 Å². The molecule has 208 valence electrons. The quantitative estimate of drug-likeness (QED) is 0.368. The van der Waals surface area contributed by atoms with Gasteiger partial charge >= 0.3 is 5.97 Å².